The molecule has 4 aromatic rings. The summed E-state index contributed by atoms with van der Waals surface area (Å²) in [4.78, 5) is 21.9. The van der Waals surface area contributed by atoms with Crippen molar-refractivity contribution in [2.45, 2.75) is 39.7 Å². The van der Waals surface area contributed by atoms with Crippen LogP contribution in [0.4, 0.5) is 5.82 Å². The first kappa shape index (κ1) is 19.7. The fourth-order valence-electron chi connectivity index (χ4n) is 4.28. The van der Waals surface area contributed by atoms with Crippen LogP contribution in [0.1, 0.15) is 36.2 Å². The average Bonchev–Trinajstić information content (AvgIpc) is 3.17. The van der Waals surface area contributed by atoms with E-state index in [2.05, 4.69) is 29.4 Å². The second-order valence-corrected chi connectivity index (χ2v) is 8.97. The molecule has 0 aliphatic carbocycles. The van der Waals surface area contributed by atoms with Crippen LogP contribution in [0.2, 0.25) is 5.02 Å². The van der Waals surface area contributed by atoms with Crippen LogP contribution in [0, 0.1) is 13.8 Å². The summed E-state index contributed by atoms with van der Waals surface area (Å²) in [6, 6.07) is 13.9. The largest absolute Gasteiger partial charge is 0.310 e. The lowest BCUT2D eigenvalue weighted by molar-refractivity contribution is -0.119. The van der Waals surface area contributed by atoms with Gasteiger partial charge in [0, 0.05) is 21.7 Å². The molecular weight excluding hydrogens is 410 g/mol. The Morgan fingerprint density at radius 3 is 2.65 bits per heavy atom. The monoisotopic (exact) mass is 431 g/mol. The van der Waals surface area contributed by atoms with Gasteiger partial charge in [0.15, 0.2) is 5.82 Å². The summed E-state index contributed by atoms with van der Waals surface area (Å²) >= 11 is 6.31. The lowest BCUT2D eigenvalue weighted by atomic mass is 9.86. The molecule has 5 rings (SSSR count). The van der Waals surface area contributed by atoms with Gasteiger partial charge in [-0.25, -0.2) is 9.97 Å². The molecule has 1 N–H and O–H groups in total. The lowest BCUT2D eigenvalue weighted by Crippen LogP contribution is -2.27. The van der Waals surface area contributed by atoms with Gasteiger partial charge in [-0.05, 0) is 57.0 Å². The van der Waals surface area contributed by atoms with Crippen molar-refractivity contribution < 1.29 is 4.79 Å². The van der Waals surface area contributed by atoms with Gasteiger partial charge in [-0.2, -0.15) is 5.10 Å². The number of amides is 1. The molecule has 0 atom stereocenters. The van der Waals surface area contributed by atoms with Crippen LogP contribution >= 0.6 is 11.6 Å². The standard InChI is InChI=1S/C24H22ClN5O/c1-13-7-5-6-8-15(13)12-30-18-11-16(25)9-10-17(18)20(29-30)22-26-14(2)19-21(27-22)28-23(31)24(19,3)4/h5-11H,12H2,1-4H3,(H,26,27,28,31). The number of fused-ring (bicyclic) bond motifs is 2. The van der Waals surface area contributed by atoms with E-state index in [1.165, 1.54) is 11.1 Å². The number of benzene rings is 2. The van der Waals surface area contributed by atoms with Crippen LogP contribution in [0.3, 0.4) is 0 Å². The third-order valence-corrected chi connectivity index (χ3v) is 6.26. The summed E-state index contributed by atoms with van der Waals surface area (Å²) in [5, 5.41) is 9.34. The smallest absolute Gasteiger partial charge is 0.235 e. The number of hydrogen-bond donors (Lipinski definition) is 1. The minimum Gasteiger partial charge on any atom is -0.310 e. The molecule has 0 unspecified atom stereocenters. The molecule has 156 valence electrons. The molecule has 7 heteroatoms. The fraction of sp³-hybridized carbons (Fsp3) is 0.250. The Hall–Kier alpha value is -3.25. The summed E-state index contributed by atoms with van der Waals surface area (Å²) in [6.45, 7) is 8.38. The summed E-state index contributed by atoms with van der Waals surface area (Å²) < 4.78 is 1.94. The molecule has 0 radical (unpaired) electrons. The number of halogens is 1. The molecule has 2 aromatic heterocycles. The van der Waals surface area contributed by atoms with Crippen molar-refractivity contribution in [2.75, 3.05) is 5.32 Å². The van der Waals surface area contributed by atoms with Gasteiger partial charge in [-0.3, -0.25) is 9.48 Å². The maximum Gasteiger partial charge on any atom is 0.235 e. The molecule has 1 amide bonds. The molecule has 0 fully saturated rings. The number of hydrogen-bond acceptors (Lipinski definition) is 4. The summed E-state index contributed by atoms with van der Waals surface area (Å²) in [6.07, 6.45) is 0. The number of aryl methyl sites for hydroxylation is 2. The first-order valence-electron chi connectivity index (χ1n) is 10.2. The molecule has 0 saturated carbocycles. The highest BCUT2D eigenvalue weighted by Gasteiger charge is 2.41. The van der Waals surface area contributed by atoms with Gasteiger partial charge in [0.1, 0.15) is 11.5 Å². The van der Waals surface area contributed by atoms with Crippen LogP contribution in [0.5, 0.6) is 0 Å². The van der Waals surface area contributed by atoms with Crippen molar-refractivity contribution in [1.29, 1.82) is 0 Å². The van der Waals surface area contributed by atoms with Gasteiger partial charge in [-0.1, -0.05) is 35.9 Å². The van der Waals surface area contributed by atoms with Gasteiger partial charge in [0.25, 0.3) is 0 Å². The normalized spacial score (nSPS) is 14.7. The number of nitrogens with zero attached hydrogens (tertiary/aromatic N) is 4. The third-order valence-electron chi connectivity index (χ3n) is 6.02. The van der Waals surface area contributed by atoms with Crippen molar-refractivity contribution in [1.82, 2.24) is 19.7 Å². The van der Waals surface area contributed by atoms with Crippen molar-refractivity contribution in [3.05, 3.63) is 69.9 Å². The van der Waals surface area contributed by atoms with Crippen LogP contribution in [-0.4, -0.2) is 25.7 Å². The zero-order valence-corrected chi connectivity index (χ0v) is 18.6. The Morgan fingerprint density at radius 1 is 1.10 bits per heavy atom. The summed E-state index contributed by atoms with van der Waals surface area (Å²) in [5.74, 6) is 0.983. The number of aromatic nitrogens is 4. The molecule has 0 bridgehead atoms. The predicted octanol–water partition coefficient (Wildman–Crippen LogP) is 5.04. The summed E-state index contributed by atoms with van der Waals surface area (Å²) in [7, 11) is 0. The number of carbonyl (C=O) groups is 1. The lowest BCUT2D eigenvalue weighted by Gasteiger charge is -2.16. The van der Waals surface area contributed by atoms with E-state index in [-0.39, 0.29) is 5.91 Å². The Bertz CT molecular complexity index is 1370. The molecule has 0 spiro atoms. The maximum atomic E-state index is 12.4. The fourth-order valence-corrected chi connectivity index (χ4v) is 4.44. The van der Waals surface area contributed by atoms with Crippen LogP contribution < -0.4 is 5.32 Å². The van der Waals surface area contributed by atoms with E-state index >= 15 is 0 Å². The van der Waals surface area contributed by atoms with Crippen LogP contribution in [0.25, 0.3) is 22.4 Å². The average molecular weight is 432 g/mol. The highest BCUT2D eigenvalue weighted by Crippen LogP contribution is 2.39. The highest BCUT2D eigenvalue weighted by molar-refractivity contribution is 6.31. The van der Waals surface area contributed by atoms with Crippen molar-refractivity contribution >= 4 is 34.2 Å². The molecular formula is C24H22ClN5O. The molecule has 1 aliphatic heterocycles. The van der Waals surface area contributed by atoms with E-state index in [9.17, 15) is 4.79 Å². The minimum atomic E-state index is -0.655. The minimum absolute atomic E-state index is 0.0706. The molecule has 6 nitrogen and oxygen atoms in total. The van der Waals surface area contributed by atoms with E-state index in [0.29, 0.717) is 28.9 Å². The van der Waals surface area contributed by atoms with Crippen LogP contribution in [0.15, 0.2) is 42.5 Å². The van der Waals surface area contributed by atoms with E-state index in [1.807, 2.05) is 55.8 Å². The number of anilines is 1. The molecule has 31 heavy (non-hydrogen) atoms. The van der Waals surface area contributed by atoms with Crippen molar-refractivity contribution in [3.63, 3.8) is 0 Å². The SMILES string of the molecule is Cc1ccccc1Cn1nc(-c2nc(C)c3c(n2)NC(=O)C3(C)C)c2ccc(Cl)cc21. The van der Waals surface area contributed by atoms with Gasteiger partial charge in [0.2, 0.25) is 5.91 Å². The van der Waals surface area contributed by atoms with E-state index < -0.39 is 5.41 Å². The van der Waals surface area contributed by atoms with E-state index in [4.69, 9.17) is 21.7 Å². The number of rotatable bonds is 3. The van der Waals surface area contributed by atoms with Gasteiger partial charge in [-0.15, -0.1) is 0 Å². The zero-order valence-electron chi connectivity index (χ0n) is 17.8. The number of nitrogens with one attached hydrogen (secondary N) is 1. The molecule has 2 aromatic carbocycles. The van der Waals surface area contributed by atoms with Gasteiger partial charge >= 0.3 is 0 Å². The Labute approximate surface area is 185 Å². The quantitative estimate of drug-likeness (QED) is 0.493. The number of carbonyl (C=O) groups excluding carboxylic acids is 1. The molecule has 0 saturated heterocycles. The first-order valence-corrected chi connectivity index (χ1v) is 10.5. The van der Waals surface area contributed by atoms with E-state index in [0.717, 1.165) is 22.2 Å². The Balaban J connectivity index is 1.69. The maximum absolute atomic E-state index is 12.4. The Kier molecular flexibility index (Phi) is 4.38. The topological polar surface area (TPSA) is 72.7 Å². The summed E-state index contributed by atoms with van der Waals surface area (Å²) in [5.41, 5.74) is 4.93. The van der Waals surface area contributed by atoms with Gasteiger partial charge < -0.3 is 5.32 Å². The van der Waals surface area contributed by atoms with E-state index in [1.54, 1.807) is 0 Å². The van der Waals surface area contributed by atoms with Crippen molar-refractivity contribution in [3.8, 4) is 11.5 Å². The third kappa shape index (κ3) is 3.10. The Morgan fingerprint density at radius 2 is 1.87 bits per heavy atom. The zero-order chi connectivity index (χ0) is 21.9. The predicted molar refractivity (Wildman–Crippen MR) is 122 cm³/mol. The van der Waals surface area contributed by atoms with Gasteiger partial charge in [0.05, 0.1) is 17.5 Å². The second kappa shape index (κ2) is 6.89. The molecule has 3 heterocycles. The first-order chi connectivity index (χ1) is 14.8. The van der Waals surface area contributed by atoms with Crippen molar-refractivity contribution in [2.24, 2.45) is 0 Å². The molecule has 1 aliphatic rings. The highest BCUT2D eigenvalue weighted by atomic mass is 35.5. The second-order valence-electron chi connectivity index (χ2n) is 8.53. The van der Waals surface area contributed by atoms with Crippen LogP contribution in [-0.2, 0) is 16.8 Å².